The summed E-state index contributed by atoms with van der Waals surface area (Å²) in [6, 6.07) is 6.27. The summed E-state index contributed by atoms with van der Waals surface area (Å²) in [6.45, 7) is 1.92. The molecule has 0 unspecified atom stereocenters. The molecule has 0 aliphatic carbocycles. The largest absolute Gasteiger partial charge is 0.345 e. The van der Waals surface area contributed by atoms with Crippen molar-refractivity contribution in [3.05, 3.63) is 64.6 Å². The van der Waals surface area contributed by atoms with E-state index >= 15 is 0 Å². The van der Waals surface area contributed by atoms with E-state index in [9.17, 15) is 9.18 Å². The third-order valence-corrected chi connectivity index (χ3v) is 3.68. The Hall–Kier alpha value is -2.47. The maximum Gasteiger partial charge on any atom is 0.270 e. The SMILES string of the molecule is CCc1nc2ccc(Cl)cn2c1C(=O)NCc1ncccc1F. The minimum absolute atomic E-state index is 0.00244. The number of hydrogen-bond acceptors (Lipinski definition) is 3. The number of pyridine rings is 2. The van der Waals surface area contributed by atoms with Gasteiger partial charge >= 0.3 is 0 Å². The molecule has 5 nitrogen and oxygen atoms in total. The summed E-state index contributed by atoms with van der Waals surface area (Å²) in [7, 11) is 0. The quantitative estimate of drug-likeness (QED) is 0.799. The first-order chi connectivity index (χ1) is 11.1. The van der Waals surface area contributed by atoms with Gasteiger partial charge in [0.2, 0.25) is 0 Å². The Morgan fingerprint density at radius 1 is 1.35 bits per heavy atom. The van der Waals surface area contributed by atoms with E-state index < -0.39 is 5.82 Å². The molecule has 0 aliphatic heterocycles. The van der Waals surface area contributed by atoms with E-state index in [0.29, 0.717) is 28.5 Å². The Bertz CT molecular complexity index is 878. The van der Waals surface area contributed by atoms with Crippen LogP contribution in [0.1, 0.15) is 28.8 Å². The predicted octanol–water partition coefficient (Wildman–Crippen LogP) is 3.01. The van der Waals surface area contributed by atoms with E-state index in [-0.39, 0.29) is 18.1 Å². The lowest BCUT2D eigenvalue weighted by molar-refractivity contribution is 0.0943. The molecule has 3 heterocycles. The zero-order valence-corrected chi connectivity index (χ0v) is 13.1. The van der Waals surface area contributed by atoms with Crippen molar-refractivity contribution in [2.45, 2.75) is 19.9 Å². The van der Waals surface area contributed by atoms with Gasteiger partial charge in [-0.25, -0.2) is 9.37 Å². The van der Waals surface area contributed by atoms with Crippen LogP contribution in [0.3, 0.4) is 0 Å². The fourth-order valence-electron chi connectivity index (χ4n) is 2.35. The van der Waals surface area contributed by atoms with E-state index in [4.69, 9.17) is 11.6 Å². The van der Waals surface area contributed by atoms with Gasteiger partial charge in [-0.2, -0.15) is 0 Å². The molecule has 3 rings (SSSR count). The number of imidazole rings is 1. The minimum atomic E-state index is -0.454. The van der Waals surface area contributed by atoms with Crippen molar-refractivity contribution in [1.29, 1.82) is 0 Å². The summed E-state index contributed by atoms with van der Waals surface area (Å²) in [4.78, 5) is 20.9. The summed E-state index contributed by atoms with van der Waals surface area (Å²) >= 11 is 6.00. The zero-order chi connectivity index (χ0) is 16.4. The van der Waals surface area contributed by atoms with Crippen LogP contribution in [0, 0.1) is 5.82 Å². The van der Waals surface area contributed by atoms with Crippen LogP contribution in [0.15, 0.2) is 36.7 Å². The van der Waals surface area contributed by atoms with Gasteiger partial charge < -0.3 is 5.32 Å². The van der Waals surface area contributed by atoms with E-state index in [1.807, 2.05) is 6.92 Å². The number of nitrogens with zero attached hydrogens (tertiary/aromatic N) is 3. The standard InChI is InChI=1S/C16H14ClFN4O/c1-2-12-15(22-9-10(17)5-6-14(22)21-12)16(23)20-8-13-11(18)4-3-7-19-13/h3-7,9H,2,8H2,1H3,(H,20,23). The number of carbonyl (C=O) groups is 1. The van der Waals surface area contributed by atoms with Crippen LogP contribution in [-0.2, 0) is 13.0 Å². The molecule has 0 saturated carbocycles. The van der Waals surface area contributed by atoms with Gasteiger partial charge in [-0.05, 0) is 30.7 Å². The second-order valence-electron chi connectivity index (χ2n) is 4.95. The fourth-order valence-corrected chi connectivity index (χ4v) is 2.51. The van der Waals surface area contributed by atoms with Gasteiger partial charge in [-0.3, -0.25) is 14.2 Å². The Morgan fingerprint density at radius 3 is 2.91 bits per heavy atom. The summed E-state index contributed by atoms with van der Waals surface area (Å²) < 4.78 is 15.2. The normalized spacial score (nSPS) is 10.9. The van der Waals surface area contributed by atoms with Crippen molar-refractivity contribution >= 4 is 23.2 Å². The van der Waals surface area contributed by atoms with Crippen LogP contribution in [0.5, 0.6) is 0 Å². The van der Waals surface area contributed by atoms with E-state index in [0.717, 1.165) is 0 Å². The first kappa shape index (κ1) is 15.4. The molecule has 0 aromatic carbocycles. The molecule has 0 bridgehead atoms. The number of amides is 1. The number of hydrogen-bond donors (Lipinski definition) is 1. The first-order valence-electron chi connectivity index (χ1n) is 7.14. The van der Waals surface area contributed by atoms with Crippen molar-refractivity contribution in [1.82, 2.24) is 19.7 Å². The number of aryl methyl sites for hydroxylation is 1. The van der Waals surface area contributed by atoms with Crippen molar-refractivity contribution in [2.75, 3.05) is 0 Å². The highest BCUT2D eigenvalue weighted by Crippen LogP contribution is 2.17. The monoisotopic (exact) mass is 332 g/mol. The molecule has 1 amide bonds. The molecule has 118 valence electrons. The zero-order valence-electron chi connectivity index (χ0n) is 12.4. The van der Waals surface area contributed by atoms with Crippen LogP contribution < -0.4 is 5.32 Å². The second kappa shape index (κ2) is 6.34. The third kappa shape index (κ3) is 3.03. The molecule has 0 fully saturated rings. The molecular formula is C16H14ClFN4O. The lowest BCUT2D eigenvalue weighted by Crippen LogP contribution is -2.26. The highest BCUT2D eigenvalue weighted by atomic mass is 35.5. The number of halogens is 2. The molecule has 7 heteroatoms. The van der Waals surface area contributed by atoms with Gasteiger partial charge in [0.05, 0.1) is 23.0 Å². The predicted molar refractivity (Wildman–Crippen MR) is 84.9 cm³/mol. The van der Waals surface area contributed by atoms with Crippen molar-refractivity contribution < 1.29 is 9.18 Å². The Labute approximate surface area is 137 Å². The summed E-state index contributed by atoms with van der Waals surface area (Å²) in [6.07, 6.45) is 3.72. The van der Waals surface area contributed by atoms with Gasteiger partial charge in [-0.1, -0.05) is 18.5 Å². The third-order valence-electron chi connectivity index (χ3n) is 3.46. The van der Waals surface area contributed by atoms with Crippen LogP contribution in [0.25, 0.3) is 5.65 Å². The topological polar surface area (TPSA) is 59.3 Å². The second-order valence-corrected chi connectivity index (χ2v) is 5.39. The van der Waals surface area contributed by atoms with E-state index in [2.05, 4.69) is 15.3 Å². The fraction of sp³-hybridized carbons (Fsp3) is 0.188. The summed E-state index contributed by atoms with van der Waals surface area (Å²) in [5.41, 5.74) is 1.89. The number of carbonyl (C=O) groups excluding carboxylic acids is 1. The molecular weight excluding hydrogens is 319 g/mol. The van der Waals surface area contributed by atoms with Crippen molar-refractivity contribution in [3.63, 3.8) is 0 Å². The molecule has 0 saturated heterocycles. The highest BCUT2D eigenvalue weighted by Gasteiger charge is 2.18. The average Bonchev–Trinajstić information content (AvgIpc) is 2.91. The highest BCUT2D eigenvalue weighted by molar-refractivity contribution is 6.30. The van der Waals surface area contributed by atoms with E-state index in [1.165, 1.54) is 18.3 Å². The molecule has 23 heavy (non-hydrogen) atoms. The molecule has 0 atom stereocenters. The van der Waals surface area contributed by atoms with Gasteiger partial charge in [-0.15, -0.1) is 0 Å². The Morgan fingerprint density at radius 2 is 2.17 bits per heavy atom. The van der Waals surface area contributed by atoms with Crippen LogP contribution >= 0.6 is 11.6 Å². The molecule has 0 radical (unpaired) electrons. The van der Waals surface area contributed by atoms with Crippen LogP contribution in [-0.4, -0.2) is 20.3 Å². The lowest BCUT2D eigenvalue weighted by Gasteiger charge is -2.07. The van der Waals surface area contributed by atoms with Gasteiger partial charge in [0.25, 0.3) is 5.91 Å². The number of aromatic nitrogens is 3. The summed E-state index contributed by atoms with van der Waals surface area (Å²) in [5, 5.41) is 3.19. The minimum Gasteiger partial charge on any atom is -0.345 e. The Kier molecular flexibility index (Phi) is 4.25. The number of rotatable bonds is 4. The average molecular weight is 333 g/mol. The maximum absolute atomic E-state index is 13.6. The molecule has 1 N–H and O–H groups in total. The summed E-state index contributed by atoms with van der Waals surface area (Å²) in [5.74, 6) is -0.800. The Balaban J connectivity index is 1.91. The molecule has 0 aliphatic rings. The number of nitrogens with one attached hydrogen (secondary N) is 1. The van der Waals surface area contributed by atoms with Gasteiger partial charge in [0, 0.05) is 12.4 Å². The first-order valence-corrected chi connectivity index (χ1v) is 7.52. The van der Waals surface area contributed by atoms with Crippen LogP contribution in [0.2, 0.25) is 5.02 Å². The molecule has 3 aromatic heterocycles. The molecule has 3 aromatic rings. The van der Waals surface area contributed by atoms with Crippen molar-refractivity contribution in [2.24, 2.45) is 0 Å². The van der Waals surface area contributed by atoms with Gasteiger partial charge in [0.15, 0.2) is 0 Å². The van der Waals surface area contributed by atoms with Gasteiger partial charge in [0.1, 0.15) is 17.2 Å². The maximum atomic E-state index is 13.6. The number of fused-ring (bicyclic) bond motifs is 1. The van der Waals surface area contributed by atoms with Crippen LogP contribution in [0.4, 0.5) is 4.39 Å². The molecule has 0 spiro atoms. The smallest absolute Gasteiger partial charge is 0.270 e. The lowest BCUT2D eigenvalue weighted by atomic mass is 10.2. The van der Waals surface area contributed by atoms with E-state index in [1.54, 1.807) is 22.7 Å². The van der Waals surface area contributed by atoms with Crippen molar-refractivity contribution in [3.8, 4) is 0 Å².